The van der Waals surface area contributed by atoms with Gasteiger partial charge in [0.2, 0.25) is 5.91 Å². The van der Waals surface area contributed by atoms with Crippen molar-refractivity contribution in [3.05, 3.63) is 35.1 Å². The number of nitrogens with one attached hydrogen (secondary N) is 1. The predicted molar refractivity (Wildman–Crippen MR) is 125 cm³/mol. The number of carbonyl (C=O) groups excluding carboxylic acids is 2. The number of halogens is 1. The average Bonchev–Trinajstić information content (AvgIpc) is 3.18. The number of rotatable bonds is 8. The lowest BCUT2D eigenvalue weighted by Gasteiger charge is -2.34. The Morgan fingerprint density at radius 1 is 1.32 bits per heavy atom. The fraction of sp³-hybridized carbons (Fsp3) is 0.625. The number of carbonyl (C=O) groups is 2. The number of likely N-dealkylation sites (tertiary alicyclic amines) is 1. The Morgan fingerprint density at radius 3 is 2.53 bits per heavy atom. The predicted octanol–water partition coefficient (Wildman–Crippen LogP) is 3.10. The summed E-state index contributed by atoms with van der Waals surface area (Å²) in [5.41, 5.74) is 0.628. The minimum Gasteiger partial charge on any atom is -0.444 e. The third-order valence-electron chi connectivity index (χ3n) is 5.87. The summed E-state index contributed by atoms with van der Waals surface area (Å²) in [6.45, 7) is 9.02. The Hall–Kier alpha value is -2.72. The Labute approximate surface area is 200 Å². The van der Waals surface area contributed by atoms with E-state index in [2.05, 4.69) is 10.5 Å². The van der Waals surface area contributed by atoms with Crippen molar-refractivity contribution in [1.82, 2.24) is 10.2 Å². The quantitative estimate of drug-likeness (QED) is 0.335. The Kier molecular flexibility index (Phi) is 9.40. The van der Waals surface area contributed by atoms with Crippen molar-refractivity contribution in [2.24, 2.45) is 11.1 Å². The fourth-order valence-corrected chi connectivity index (χ4v) is 4.15. The standard InChI is InChI=1S/C24H36FN3O6/c1-14-10-16(25)8-9-18(14)19(27-31)12-26-22(29)15(2)21(33-7)20-11-17(32-6)13-28(20)23(30)34-24(3,4)5/h8-10,15,17,20-21,31H,11-13H2,1-7H3,(H,26,29)/t15-,17-,20-,21-/m1/s1. The smallest absolute Gasteiger partial charge is 0.410 e. The third kappa shape index (κ3) is 6.89. The maximum Gasteiger partial charge on any atom is 0.410 e. The van der Waals surface area contributed by atoms with Crippen LogP contribution in [0.2, 0.25) is 0 Å². The van der Waals surface area contributed by atoms with Crippen molar-refractivity contribution >= 4 is 17.7 Å². The first kappa shape index (κ1) is 27.5. The molecular formula is C24H36FN3O6. The largest absolute Gasteiger partial charge is 0.444 e. The molecule has 1 saturated heterocycles. The molecule has 0 radical (unpaired) electrons. The van der Waals surface area contributed by atoms with E-state index in [4.69, 9.17) is 14.2 Å². The Bertz CT molecular complexity index is 901. The van der Waals surface area contributed by atoms with E-state index in [1.54, 1.807) is 46.6 Å². The van der Waals surface area contributed by atoms with Gasteiger partial charge in [0.25, 0.3) is 0 Å². The second-order valence-corrected chi connectivity index (χ2v) is 9.51. The molecule has 4 atom stereocenters. The highest BCUT2D eigenvalue weighted by atomic mass is 19.1. The molecule has 9 nitrogen and oxygen atoms in total. The number of benzene rings is 1. The van der Waals surface area contributed by atoms with E-state index in [-0.39, 0.29) is 24.3 Å². The van der Waals surface area contributed by atoms with Crippen molar-refractivity contribution in [3.63, 3.8) is 0 Å². The molecule has 0 aromatic heterocycles. The van der Waals surface area contributed by atoms with Gasteiger partial charge in [-0.1, -0.05) is 12.1 Å². The van der Waals surface area contributed by atoms with Crippen LogP contribution in [0, 0.1) is 18.7 Å². The minimum absolute atomic E-state index is 0.0658. The molecule has 34 heavy (non-hydrogen) atoms. The molecule has 0 spiro atoms. The van der Waals surface area contributed by atoms with Crippen LogP contribution in [0.15, 0.2) is 23.4 Å². The molecule has 2 amide bonds. The summed E-state index contributed by atoms with van der Waals surface area (Å²) in [6.07, 6.45) is -0.841. The van der Waals surface area contributed by atoms with Crippen LogP contribution in [-0.4, -0.2) is 79.0 Å². The number of methoxy groups -OCH3 is 2. The van der Waals surface area contributed by atoms with Gasteiger partial charge in [0.05, 0.1) is 37.3 Å². The monoisotopic (exact) mass is 481 g/mol. The summed E-state index contributed by atoms with van der Waals surface area (Å²) in [5, 5.41) is 15.5. The molecule has 10 heteroatoms. The molecule has 0 aliphatic carbocycles. The highest BCUT2D eigenvalue weighted by molar-refractivity contribution is 6.04. The zero-order chi connectivity index (χ0) is 25.6. The number of nitrogens with zero attached hydrogens (tertiary/aromatic N) is 2. The van der Waals surface area contributed by atoms with Crippen molar-refractivity contribution < 1.29 is 33.4 Å². The summed E-state index contributed by atoms with van der Waals surface area (Å²) in [6, 6.07) is 3.64. The van der Waals surface area contributed by atoms with Crippen LogP contribution in [-0.2, 0) is 19.0 Å². The van der Waals surface area contributed by atoms with E-state index in [0.29, 0.717) is 24.1 Å². The number of hydrogen-bond acceptors (Lipinski definition) is 7. The lowest BCUT2D eigenvalue weighted by Crippen LogP contribution is -2.51. The van der Waals surface area contributed by atoms with E-state index in [9.17, 15) is 19.2 Å². The molecular weight excluding hydrogens is 445 g/mol. The topological polar surface area (TPSA) is 110 Å². The molecule has 1 aliphatic rings. The van der Waals surface area contributed by atoms with Gasteiger partial charge in [-0.3, -0.25) is 9.69 Å². The van der Waals surface area contributed by atoms with E-state index < -0.39 is 35.6 Å². The van der Waals surface area contributed by atoms with Gasteiger partial charge in [0, 0.05) is 19.8 Å². The molecule has 2 N–H and O–H groups in total. The SMILES string of the molecule is CO[C@@H]1C[C@H]([C@H](OC)[C@@H](C)C(=O)NCC(=NO)c2ccc(F)cc2C)N(C(=O)OC(C)(C)C)C1. The van der Waals surface area contributed by atoms with Gasteiger partial charge in [-0.15, -0.1) is 0 Å². The number of ether oxygens (including phenoxy) is 3. The van der Waals surface area contributed by atoms with Crippen LogP contribution in [0.3, 0.4) is 0 Å². The van der Waals surface area contributed by atoms with Gasteiger partial charge in [-0.05, 0) is 57.9 Å². The Morgan fingerprint density at radius 2 is 2.00 bits per heavy atom. The average molecular weight is 482 g/mol. The first-order valence-electron chi connectivity index (χ1n) is 11.2. The minimum atomic E-state index is -0.670. The normalized spacial score (nSPS) is 20.7. The molecule has 0 unspecified atom stereocenters. The number of amides is 2. The molecule has 1 aromatic rings. The number of aryl methyl sites for hydroxylation is 1. The molecule has 190 valence electrons. The van der Waals surface area contributed by atoms with Gasteiger partial charge in [0.15, 0.2) is 0 Å². The Balaban J connectivity index is 2.13. The highest BCUT2D eigenvalue weighted by Gasteiger charge is 2.45. The summed E-state index contributed by atoms with van der Waals surface area (Å²) in [4.78, 5) is 27.4. The molecule has 1 fully saturated rings. The number of hydrogen-bond donors (Lipinski definition) is 2. The van der Waals surface area contributed by atoms with Gasteiger partial charge in [-0.2, -0.15) is 0 Å². The van der Waals surface area contributed by atoms with Gasteiger partial charge >= 0.3 is 6.09 Å². The lowest BCUT2D eigenvalue weighted by molar-refractivity contribution is -0.130. The molecule has 1 aliphatic heterocycles. The van der Waals surface area contributed by atoms with Crippen LogP contribution in [0.25, 0.3) is 0 Å². The van der Waals surface area contributed by atoms with Crippen LogP contribution < -0.4 is 5.32 Å². The lowest BCUT2D eigenvalue weighted by atomic mass is 9.94. The molecule has 0 saturated carbocycles. The molecule has 1 aromatic carbocycles. The second kappa shape index (κ2) is 11.6. The summed E-state index contributed by atoms with van der Waals surface area (Å²) >= 11 is 0. The van der Waals surface area contributed by atoms with Crippen LogP contribution in [0.5, 0.6) is 0 Å². The van der Waals surface area contributed by atoms with Crippen LogP contribution >= 0.6 is 0 Å². The number of oxime groups is 1. The molecule has 1 heterocycles. The van der Waals surface area contributed by atoms with Crippen LogP contribution in [0.1, 0.15) is 45.2 Å². The van der Waals surface area contributed by atoms with Gasteiger partial charge in [-0.25, -0.2) is 9.18 Å². The summed E-state index contributed by atoms with van der Waals surface area (Å²) in [5.74, 6) is -1.40. The van der Waals surface area contributed by atoms with Crippen molar-refractivity contribution in [2.75, 3.05) is 27.3 Å². The second-order valence-electron chi connectivity index (χ2n) is 9.51. The van der Waals surface area contributed by atoms with E-state index in [0.717, 1.165) is 0 Å². The van der Waals surface area contributed by atoms with E-state index in [1.165, 1.54) is 25.3 Å². The third-order valence-corrected chi connectivity index (χ3v) is 5.87. The highest BCUT2D eigenvalue weighted by Crippen LogP contribution is 2.29. The fourth-order valence-electron chi connectivity index (χ4n) is 4.15. The van der Waals surface area contributed by atoms with Gasteiger partial charge in [0.1, 0.15) is 17.1 Å². The van der Waals surface area contributed by atoms with E-state index >= 15 is 0 Å². The zero-order valence-electron chi connectivity index (χ0n) is 20.9. The summed E-state index contributed by atoms with van der Waals surface area (Å²) in [7, 11) is 3.07. The van der Waals surface area contributed by atoms with E-state index in [1.807, 2.05) is 0 Å². The summed E-state index contributed by atoms with van der Waals surface area (Å²) < 4.78 is 30.1. The van der Waals surface area contributed by atoms with Crippen LogP contribution in [0.4, 0.5) is 9.18 Å². The first-order valence-corrected chi connectivity index (χ1v) is 11.2. The molecule has 0 bridgehead atoms. The molecule has 2 rings (SSSR count). The van der Waals surface area contributed by atoms with Crippen molar-refractivity contribution in [3.8, 4) is 0 Å². The van der Waals surface area contributed by atoms with Gasteiger partial charge < -0.3 is 24.7 Å². The maximum atomic E-state index is 13.4. The van der Waals surface area contributed by atoms with Crippen molar-refractivity contribution in [2.45, 2.75) is 64.9 Å². The maximum absolute atomic E-state index is 13.4. The van der Waals surface area contributed by atoms with Crippen molar-refractivity contribution in [1.29, 1.82) is 0 Å². The first-order chi connectivity index (χ1) is 15.9. The zero-order valence-corrected chi connectivity index (χ0v) is 20.9.